The van der Waals surface area contributed by atoms with Crippen molar-refractivity contribution in [2.45, 2.75) is 19.8 Å². The SMILES string of the molecule is CC(C)c1ccc(C=CC(=O)Nc2ccc3c(c2)OCO3)cc1. The Balaban J connectivity index is 1.62. The molecule has 0 aliphatic carbocycles. The number of hydrogen-bond acceptors (Lipinski definition) is 3. The zero-order valence-electron chi connectivity index (χ0n) is 13.2. The second-order valence-corrected chi connectivity index (χ2v) is 5.71. The van der Waals surface area contributed by atoms with E-state index in [0.29, 0.717) is 23.1 Å². The van der Waals surface area contributed by atoms with Gasteiger partial charge in [-0.1, -0.05) is 38.1 Å². The van der Waals surface area contributed by atoms with E-state index in [-0.39, 0.29) is 12.7 Å². The van der Waals surface area contributed by atoms with Gasteiger partial charge >= 0.3 is 0 Å². The lowest BCUT2D eigenvalue weighted by atomic mass is 10.0. The van der Waals surface area contributed by atoms with Gasteiger partial charge in [-0.25, -0.2) is 0 Å². The molecule has 0 saturated carbocycles. The van der Waals surface area contributed by atoms with Crippen molar-refractivity contribution >= 4 is 17.7 Å². The molecule has 23 heavy (non-hydrogen) atoms. The third-order valence-electron chi connectivity index (χ3n) is 3.67. The van der Waals surface area contributed by atoms with Crippen LogP contribution in [0.1, 0.15) is 30.9 Å². The number of ether oxygens (including phenoxy) is 2. The molecular weight excluding hydrogens is 290 g/mol. The first-order valence-electron chi connectivity index (χ1n) is 7.60. The first-order chi connectivity index (χ1) is 11.1. The summed E-state index contributed by atoms with van der Waals surface area (Å²) in [5.41, 5.74) is 2.96. The van der Waals surface area contributed by atoms with Gasteiger partial charge in [0, 0.05) is 17.8 Å². The van der Waals surface area contributed by atoms with Crippen LogP contribution < -0.4 is 14.8 Å². The minimum Gasteiger partial charge on any atom is -0.454 e. The zero-order chi connectivity index (χ0) is 16.2. The molecule has 1 N–H and O–H groups in total. The maximum atomic E-state index is 12.0. The molecule has 0 spiro atoms. The van der Waals surface area contributed by atoms with E-state index in [1.807, 2.05) is 12.1 Å². The summed E-state index contributed by atoms with van der Waals surface area (Å²) in [5, 5.41) is 2.81. The predicted octanol–water partition coefficient (Wildman–Crippen LogP) is 4.19. The third kappa shape index (κ3) is 3.72. The van der Waals surface area contributed by atoms with Crippen LogP contribution in [0.2, 0.25) is 0 Å². The van der Waals surface area contributed by atoms with Crippen molar-refractivity contribution in [2.75, 3.05) is 12.1 Å². The molecule has 0 fully saturated rings. The van der Waals surface area contributed by atoms with Gasteiger partial charge in [-0.3, -0.25) is 4.79 Å². The molecule has 3 rings (SSSR count). The summed E-state index contributed by atoms with van der Waals surface area (Å²) >= 11 is 0. The van der Waals surface area contributed by atoms with Crippen LogP contribution in [-0.4, -0.2) is 12.7 Å². The lowest BCUT2D eigenvalue weighted by Crippen LogP contribution is -2.07. The van der Waals surface area contributed by atoms with Crippen LogP contribution in [0.25, 0.3) is 6.08 Å². The molecule has 0 atom stereocenters. The fourth-order valence-corrected chi connectivity index (χ4v) is 2.32. The van der Waals surface area contributed by atoms with Gasteiger partial charge in [0.2, 0.25) is 12.7 Å². The van der Waals surface area contributed by atoms with Crippen LogP contribution >= 0.6 is 0 Å². The molecule has 1 aliphatic rings. The second kappa shape index (κ2) is 6.57. The largest absolute Gasteiger partial charge is 0.454 e. The van der Waals surface area contributed by atoms with Crippen molar-refractivity contribution in [1.82, 2.24) is 0 Å². The Labute approximate surface area is 135 Å². The molecule has 0 bridgehead atoms. The summed E-state index contributed by atoms with van der Waals surface area (Å²) in [6.07, 6.45) is 3.32. The highest BCUT2D eigenvalue weighted by molar-refractivity contribution is 6.02. The number of nitrogens with one attached hydrogen (secondary N) is 1. The first-order valence-corrected chi connectivity index (χ1v) is 7.60. The summed E-state index contributed by atoms with van der Waals surface area (Å²) in [6, 6.07) is 13.5. The number of carbonyl (C=O) groups excluding carboxylic acids is 1. The molecule has 1 amide bonds. The van der Waals surface area contributed by atoms with E-state index in [9.17, 15) is 4.79 Å². The number of amides is 1. The highest BCUT2D eigenvalue weighted by Crippen LogP contribution is 2.34. The van der Waals surface area contributed by atoms with E-state index in [1.54, 1.807) is 24.3 Å². The van der Waals surface area contributed by atoms with E-state index in [4.69, 9.17) is 9.47 Å². The maximum absolute atomic E-state index is 12.0. The highest BCUT2D eigenvalue weighted by atomic mass is 16.7. The van der Waals surface area contributed by atoms with Gasteiger partial charge in [0.05, 0.1) is 0 Å². The Hall–Kier alpha value is -2.75. The topological polar surface area (TPSA) is 47.6 Å². The predicted molar refractivity (Wildman–Crippen MR) is 90.8 cm³/mol. The summed E-state index contributed by atoms with van der Waals surface area (Å²) in [6.45, 7) is 4.53. The van der Waals surface area contributed by atoms with Gasteiger partial charge in [-0.05, 0) is 35.3 Å². The molecule has 2 aromatic carbocycles. The van der Waals surface area contributed by atoms with Crippen LogP contribution in [0.3, 0.4) is 0 Å². The number of carbonyl (C=O) groups is 1. The van der Waals surface area contributed by atoms with Gasteiger partial charge < -0.3 is 14.8 Å². The van der Waals surface area contributed by atoms with E-state index < -0.39 is 0 Å². The van der Waals surface area contributed by atoms with Crippen LogP contribution in [0.5, 0.6) is 11.5 Å². The van der Waals surface area contributed by atoms with Crippen molar-refractivity contribution in [1.29, 1.82) is 0 Å². The van der Waals surface area contributed by atoms with Gasteiger partial charge in [0.1, 0.15) is 0 Å². The number of anilines is 1. The summed E-state index contributed by atoms with van der Waals surface area (Å²) in [7, 11) is 0. The zero-order valence-corrected chi connectivity index (χ0v) is 13.2. The molecule has 1 heterocycles. The van der Waals surface area contributed by atoms with E-state index in [2.05, 4.69) is 31.3 Å². The normalized spacial score (nSPS) is 12.8. The van der Waals surface area contributed by atoms with E-state index in [1.165, 1.54) is 11.6 Å². The van der Waals surface area contributed by atoms with Crippen molar-refractivity contribution in [3.05, 3.63) is 59.7 Å². The molecule has 0 unspecified atom stereocenters. The van der Waals surface area contributed by atoms with Crippen LogP contribution in [0.15, 0.2) is 48.5 Å². The van der Waals surface area contributed by atoms with Crippen molar-refractivity contribution < 1.29 is 14.3 Å². The minimum absolute atomic E-state index is 0.184. The third-order valence-corrected chi connectivity index (χ3v) is 3.67. The highest BCUT2D eigenvalue weighted by Gasteiger charge is 2.13. The minimum atomic E-state index is -0.184. The van der Waals surface area contributed by atoms with Crippen LogP contribution in [0, 0.1) is 0 Å². The Kier molecular flexibility index (Phi) is 4.33. The van der Waals surface area contributed by atoms with Gasteiger partial charge in [-0.15, -0.1) is 0 Å². The van der Waals surface area contributed by atoms with E-state index in [0.717, 1.165) is 5.56 Å². The molecular formula is C19H19NO3. The monoisotopic (exact) mass is 309 g/mol. The second-order valence-electron chi connectivity index (χ2n) is 5.71. The number of rotatable bonds is 4. The average Bonchev–Trinajstić information content (AvgIpc) is 3.01. The van der Waals surface area contributed by atoms with E-state index >= 15 is 0 Å². The number of fused-ring (bicyclic) bond motifs is 1. The lowest BCUT2D eigenvalue weighted by Gasteiger charge is -2.05. The molecule has 1 aliphatic heterocycles. The number of benzene rings is 2. The molecule has 0 aromatic heterocycles. The van der Waals surface area contributed by atoms with Crippen molar-refractivity contribution in [3.8, 4) is 11.5 Å². The lowest BCUT2D eigenvalue weighted by molar-refractivity contribution is -0.111. The van der Waals surface area contributed by atoms with Gasteiger partial charge in [-0.2, -0.15) is 0 Å². The van der Waals surface area contributed by atoms with Gasteiger partial charge in [0.25, 0.3) is 0 Å². The van der Waals surface area contributed by atoms with Gasteiger partial charge in [0.15, 0.2) is 11.5 Å². The van der Waals surface area contributed by atoms with Crippen molar-refractivity contribution in [3.63, 3.8) is 0 Å². The molecule has 118 valence electrons. The average molecular weight is 309 g/mol. The fraction of sp³-hybridized carbons (Fsp3) is 0.211. The Bertz CT molecular complexity index is 733. The summed E-state index contributed by atoms with van der Waals surface area (Å²) < 4.78 is 10.5. The molecule has 4 nitrogen and oxygen atoms in total. The maximum Gasteiger partial charge on any atom is 0.248 e. The van der Waals surface area contributed by atoms with Crippen LogP contribution in [0.4, 0.5) is 5.69 Å². The molecule has 4 heteroatoms. The molecule has 0 saturated heterocycles. The summed E-state index contributed by atoms with van der Waals surface area (Å²) in [4.78, 5) is 12.0. The smallest absolute Gasteiger partial charge is 0.248 e. The molecule has 0 radical (unpaired) electrons. The quantitative estimate of drug-likeness (QED) is 0.861. The number of hydrogen-bond donors (Lipinski definition) is 1. The fourth-order valence-electron chi connectivity index (χ4n) is 2.32. The Morgan fingerprint density at radius 1 is 1.09 bits per heavy atom. The first kappa shape index (κ1) is 15.2. The van der Waals surface area contributed by atoms with Crippen LogP contribution in [-0.2, 0) is 4.79 Å². The standard InChI is InChI=1S/C19H19NO3/c1-13(2)15-6-3-14(4-7-15)5-10-19(21)20-16-8-9-17-18(11-16)23-12-22-17/h3-11,13H,12H2,1-2H3,(H,20,21). The Morgan fingerprint density at radius 2 is 1.83 bits per heavy atom. The Morgan fingerprint density at radius 3 is 2.57 bits per heavy atom. The summed E-state index contributed by atoms with van der Waals surface area (Å²) in [5.74, 6) is 1.67. The van der Waals surface area contributed by atoms with Crippen molar-refractivity contribution in [2.24, 2.45) is 0 Å². The molecule has 2 aromatic rings.